The summed E-state index contributed by atoms with van der Waals surface area (Å²) in [6.45, 7) is 7.30. The van der Waals surface area contributed by atoms with Gasteiger partial charge in [-0.1, -0.05) is 25.7 Å². The van der Waals surface area contributed by atoms with E-state index in [1.54, 1.807) is 0 Å². The van der Waals surface area contributed by atoms with Crippen molar-refractivity contribution in [3.05, 3.63) is 29.8 Å². The number of rotatable bonds is 4. The Kier molecular flexibility index (Phi) is 5.59. The van der Waals surface area contributed by atoms with Crippen molar-refractivity contribution in [2.45, 2.75) is 13.8 Å². The Bertz CT molecular complexity index is 378. The molecule has 0 spiro atoms. The van der Waals surface area contributed by atoms with Crippen molar-refractivity contribution < 1.29 is 0 Å². The molecule has 0 atom stereocenters. The maximum absolute atomic E-state index is 3.21. The summed E-state index contributed by atoms with van der Waals surface area (Å²) in [5, 5.41) is 0. The van der Waals surface area contributed by atoms with Gasteiger partial charge in [0.1, 0.15) is 0 Å². The topological polar surface area (TPSA) is 6.48 Å². The maximum Gasteiger partial charge on any atom is 0.0605 e. The summed E-state index contributed by atoms with van der Waals surface area (Å²) in [5.74, 6) is 6.41. The molecule has 0 radical (unpaired) electrons. The molecule has 0 saturated carbocycles. The van der Waals surface area contributed by atoms with Crippen molar-refractivity contribution in [3.8, 4) is 11.8 Å². The van der Waals surface area contributed by atoms with Crippen LogP contribution >= 0.6 is 0 Å². The SMILES string of the molecule is CCN(CC)CC#Cc1ccc(N(C)C)cc1. The minimum absolute atomic E-state index is 0.850. The zero-order valence-corrected chi connectivity index (χ0v) is 11.3. The molecule has 0 aliphatic heterocycles. The molecular weight excluding hydrogens is 208 g/mol. The predicted octanol–water partition coefficient (Wildman–Crippen LogP) is 2.45. The molecule has 92 valence electrons. The second-order valence-electron chi connectivity index (χ2n) is 4.20. The van der Waals surface area contributed by atoms with Crippen LogP contribution in [0.3, 0.4) is 0 Å². The van der Waals surface area contributed by atoms with Crippen molar-refractivity contribution >= 4 is 5.69 Å². The van der Waals surface area contributed by atoms with Crippen LogP contribution < -0.4 is 4.90 Å². The van der Waals surface area contributed by atoms with Gasteiger partial charge in [0.2, 0.25) is 0 Å². The summed E-state index contributed by atoms with van der Waals surface area (Å²) in [6.07, 6.45) is 0. The van der Waals surface area contributed by atoms with Gasteiger partial charge >= 0.3 is 0 Å². The zero-order chi connectivity index (χ0) is 12.7. The Morgan fingerprint density at radius 3 is 2.06 bits per heavy atom. The van der Waals surface area contributed by atoms with E-state index < -0.39 is 0 Å². The summed E-state index contributed by atoms with van der Waals surface area (Å²) in [7, 11) is 4.09. The fourth-order valence-corrected chi connectivity index (χ4v) is 1.54. The van der Waals surface area contributed by atoms with Gasteiger partial charge in [0.25, 0.3) is 0 Å². The summed E-state index contributed by atoms with van der Waals surface area (Å²) in [4.78, 5) is 4.40. The van der Waals surface area contributed by atoms with Gasteiger partial charge in [-0.2, -0.15) is 0 Å². The van der Waals surface area contributed by atoms with Crippen LogP contribution in [0, 0.1) is 11.8 Å². The first-order chi connectivity index (χ1) is 8.17. The van der Waals surface area contributed by atoms with Gasteiger partial charge in [0, 0.05) is 25.3 Å². The molecule has 17 heavy (non-hydrogen) atoms. The number of benzene rings is 1. The molecule has 1 aromatic rings. The summed E-state index contributed by atoms with van der Waals surface area (Å²) in [5.41, 5.74) is 2.29. The van der Waals surface area contributed by atoms with Gasteiger partial charge < -0.3 is 4.90 Å². The minimum Gasteiger partial charge on any atom is -0.378 e. The van der Waals surface area contributed by atoms with E-state index in [0.717, 1.165) is 25.2 Å². The highest BCUT2D eigenvalue weighted by Gasteiger charge is 1.95. The Hall–Kier alpha value is -1.46. The molecule has 0 fully saturated rings. The monoisotopic (exact) mass is 230 g/mol. The molecule has 0 amide bonds. The van der Waals surface area contributed by atoms with Crippen LogP contribution in [0.4, 0.5) is 5.69 Å². The molecule has 2 nitrogen and oxygen atoms in total. The lowest BCUT2D eigenvalue weighted by molar-refractivity contribution is 0.342. The third-order valence-corrected chi connectivity index (χ3v) is 2.81. The Morgan fingerprint density at radius 1 is 1.00 bits per heavy atom. The van der Waals surface area contributed by atoms with Crippen molar-refractivity contribution in [3.63, 3.8) is 0 Å². The molecular formula is C15H22N2. The lowest BCUT2D eigenvalue weighted by Crippen LogP contribution is -2.22. The van der Waals surface area contributed by atoms with E-state index in [1.165, 1.54) is 5.69 Å². The fraction of sp³-hybridized carbons (Fsp3) is 0.467. The first-order valence-corrected chi connectivity index (χ1v) is 6.16. The van der Waals surface area contributed by atoms with E-state index >= 15 is 0 Å². The molecule has 0 unspecified atom stereocenters. The van der Waals surface area contributed by atoms with E-state index in [-0.39, 0.29) is 0 Å². The van der Waals surface area contributed by atoms with Crippen LogP contribution in [0.1, 0.15) is 19.4 Å². The number of hydrogen-bond acceptors (Lipinski definition) is 2. The quantitative estimate of drug-likeness (QED) is 0.733. The van der Waals surface area contributed by atoms with E-state index in [9.17, 15) is 0 Å². The van der Waals surface area contributed by atoms with Gasteiger partial charge in [-0.05, 0) is 37.4 Å². The van der Waals surface area contributed by atoms with Crippen LogP contribution in [0.25, 0.3) is 0 Å². The lowest BCUT2D eigenvalue weighted by atomic mass is 10.2. The van der Waals surface area contributed by atoms with Crippen LogP contribution in [0.5, 0.6) is 0 Å². The Morgan fingerprint density at radius 2 is 1.59 bits per heavy atom. The average molecular weight is 230 g/mol. The van der Waals surface area contributed by atoms with Gasteiger partial charge in [-0.25, -0.2) is 0 Å². The standard InChI is InChI=1S/C15H22N2/c1-5-17(6-2)13-7-8-14-9-11-15(12-10-14)16(3)4/h9-12H,5-6,13H2,1-4H3. The van der Waals surface area contributed by atoms with Crippen LogP contribution in [-0.4, -0.2) is 38.6 Å². The molecule has 0 aliphatic rings. The molecule has 0 aliphatic carbocycles. The molecule has 2 heteroatoms. The minimum atomic E-state index is 0.850. The first kappa shape index (κ1) is 13.6. The van der Waals surface area contributed by atoms with Gasteiger partial charge in [-0.3, -0.25) is 4.90 Å². The highest BCUT2D eigenvalue weighted by atomic mass is 15.1. The van der Waals surface area contributed by atoms with E-state index in [0.29, 0.717) is 0 Å². The van der Waals surface area contributed by atoms with Crippen molar-refractivity contribution in [1.29, 1.82) is 0 Å². The molecule has 0 N–H and O–H groups in total. The summed E-state index contributed by atoms with van der Waals surface area (Å²) in [6, 6.07) is 8.35. The van der Waals surface area contributed by atoms with E-state index in [4.69, 9.17) is 0 Å². The van der Waals surface area contributed by atoms with Crippen LogP contribution in [0.15, 0.2) is 24.3 Å². The Labute approximate surface area is 105 Å². The van der Waals surface area contributed by atoms with Crippen LogP contribution in [0.2, 0.25) is 0 Å². The smallest absolute Gasteiger partial charge is 0.0605 e. The summed E-state index contributed by atoms with van der Waals surface area (Å²) >= 11 is 0. The number of nitrogens with zero attached hydrogens (tertiary/aromatic N) is 2. The van der Waals surface area contributed by atoms with Gasteiger partial charge in [-0.15, -0.1) is 0 Å². The fourth-order valence-electron chi connectivity index (χ4n) is 1.54. The van der Waals surface area contributed by atoms with Gasteiger partial charge in [0.05, 0.1) is 6.54 Å². The second kappa shape index (κ2) is 6.98. The van der Waals surface area contributed by atoms with Crippen LogP contribution in [-0.2, 0) is 0 Å². The normalized spacial score (nSPS) is 9.94. The molecule has 0 aromatic heterocycles. The van der Waals surface area contributed by atoms with Crippen molar-refractivity contribution in [2.75, 3.05) is 38.6 Å². The van der Waals surface area contributed by atoms with Crippen molar-refractivity contribution in [1.82, 2.24) is 4.90 Å². The number of hydrogen-bond donors (Lipinski definition) is 0. The lowest BCUT2D eigenvalue weighted by Gasteiger charge is -2.13. The third-order valence-electron chi connectivity index (χ3n) is 2.81. The number of anilines is 1. The average Bonchev–Trinajstić information content (AvgIpc) is 2.35. The highest BCUT2D eigenvalue weighted by molar-refractivity contribution is 5.49. The summed E-state index contributed by atoms with van der Waals surface area (Å²) < 4.78 is 0. The highest BCUT2D eigenvalue weighted by Crippen LogP contribution is 2.11. The molecule has 1 aromatic carbocycles. The van der Waals surface area contributed by atoms with E-state index in [1.807, 2.05) is 14.1 Å². The first-order valence-electron chi connectivity index (χ1n) is 6.16. The van der Waals surface area contributed by atoms with Crippen molar-refractivity contribution in [2.24, 2.45) is 0 Å². The van der Waals surface area contributed by atoms with Gasteiger partial charge in [0.15, 0.2) is 0 Å². The predicted molar refractivity (Wildman–Crippen MR) is 75.4 cm³/mol. The van der Waals surface area contributed by atoms with E-state index in [2.05, 4.69) is 59.8 Å². The maximum atomic E-state index is 3.21. The largest absolute Gasteiger partial charge is 0.378 e. The third kappa shape index (κ3) is 4.50. The Balaban J connectivity index is 2.60. The molecule has 0 bridgehead atoms. The second-order valence-corrected chi connectivity index (χ2v) is 4.20. The molecule has 0 saturated heterocycles. The zero-order valence-electron chi connectivity index (χ0n) is 11.3. The molecule has 0 heterocycles. The molecule has 1 rings (SSSR count).